The van der Waals surface area contributed by atoms with Crippen LogP contribution in [-0.4, -0.2) is 48.8 Å². The quantitative estimate of drug-likeness (QED) is 0.909. The minimum Gasteiger partial charge on any atom is -0.495 e. The number of hydrogen-bond acceptors (Lipinski definition) is 3. The van der Waals surface area contributed by atoms with E-state index in [2.05, 4.69) is 0 Å². The number of ether oxygens (including phenoxy) is 1. The van der Waals surface area contributed by atoms with Gasteiger partial charge in [0.2, 0.25) is 0 Å². The summed E-state index contributed by atoms with van der Waals surface area (Å²) in [6.07, 6.45) is 3.20. The van der Waals surface area contributed by atoms with Gasteiger partial charge in [-0.1, -0.05) is 12.1 Å². The third-order valence-corrected chi connectivity index (χ3v) is 4.67. The van der Waals surface area contributed by atoms with E-state index in [0.29, 0.717) is 25.3 Å². The molecule has 6 nitrogen and oxygen atoms in total. The minimum absolute atomic E-state index is 0.110. The first-order valence-corrected chi connectivity index (χ1v) is 8.07. The van der Waals surface area contributed by atoms with Crippen LogP contribution in [0.25, 0.3) is 0 Å². The summed E-state index contributed by atoms with van der Waals surface area (Å²) in [6.45, 7) is 1.54. The maximum atomic E-state index is 13.0. The number of nitrogens with zero attached hydrogens (tertiary/aromatic N) is 2. The van der Waals surface area contributed by atoms with E-state index in [1.807, 2.05) is 18.2 Å². The van der Waals surface area contributed by atoms with E-state index in [-0.39, 0.29) is 12.6 Å². The number of urea groups is 1. The molecule has 1 aromatic rings. The van der Waals surface area contributed by atoms with Crippen LogP contribution in [-0.2, 0) is 11.2 Å². The van der Waals surface area contributed by atoms with Crippen LogP contribution in [0.3, 0.4) is 0 Å². The average molecular weight is 318 g/mol. The Morgan fingerprint density at radius 2 is 2.09 bits per heavy atom. The molecule has 124 valence electrons. The molecule has 6 heteroatoms. The Hall–Kier alpha value is -2.24. The first kappa shape index (κ1) is 15.6. The van der Waals surface area contributed by atoms with Gasteiger partial charge in [-0.2, -0.15) is 0 Å². The number of likely N-dealkylation sites (tertiary alicyclic amines) is 1. The fourth-order valence-electron chi connectivity index (χ4n) is 3.49. The summed E-state index contributed by atoms with van der Waals surface area (Å²) in [5.41, 5.74) is 1.94. The summed E-state index contributed by atoms with van der Waals surface area (Å²) >= 11 is 0. The molecule has 1 atom stereocenters. The summed E-state index contributed by atoms with van der Waals surface area (Å²) in [6, 6.07) is 5.71. The third kappa shape index (κ3) is 2.98. The van der Waals surface area contributed by atoms with Gasteiger partial charge in [0.05, 0.1) is 18.7 Å². The molecule has 1 unspecified atom stereocenters. The monoisotopic (exact) mass is 318 g/mol. The van der Waals surface area contributed by atoms with Crippen molar-refractivity contribution in [3.8, 4) is 5.75 Å². The zero-order valence-corrected chi connectivity index (χ0v) is 13.3. The molecule has 3 rings (SSSR count). The van der Waals surface area contributed by atoms with Crippen LogP contribution in [0, 0.1) is 5.92 Å². The topological polar surface area (TPSA) is 70.1 Å². The predicted octanol–water partition coefficient (Wildman–Crippen LogP) is 2.36. The molecule has 0 radical (unpaired) electrons. The lowest BCUT2D eigenvalue weighted by molar-refractivity contribution is -0.143. The Kier molecular flexibility index (Phi) is 4.41. The van der Waals surface area contributed by atoms with Crippen molar-refractivity contribution < 1.29 is 19.4 Å². The molecule has 1 N–H and O–H groups in total. The van der Waals surface area contributed by atoms with Crippen molar-refractivity contribution >= 4 is 17.7 Å². The van der Waals surface area contributed by atoms with Crippen molar-refractivity contribution in [3.63, 3.8) is 0 Å². The van der Waals surface area contributed by atoms with Gasteiger partial charge in [0, 0.05) is 19.6 Å². The molecule has 2 heterocycles. The second kappa shape index (κ2) is 6.48. The molecule has 1 fully saturated rings. The molecule has 2 amide bonds. The molecule has 0 aromatic heterocycles. The number of fused-ring (bicyclic) bond motifs is 1. The van der Waals surface area contributed by atoms with E-state index in [1.54, 1.807) is 16.9 Å². The van der Waals surface area contributed by atoms with Crippen molar-refractivity contribution in [2.45, 2.75) is 25.7 Å². The first-order valence-electron chi connectivity index (χ1n) is 8.07. The number of aryl methyl sites for hydroxylation is 1. The van der Waals surface area contributed by atoms with Crippen LogP contribution in [0.4, 0.5) is 10.5 Å². The van der Waals surface area contributed by atoms with E-state index in [1.165, 1.54) is 0 Å². The Labute approximate surface area is 135 Å². The normalized spacial score (nSPS) is 20.8. The fraction of sp³-hybridized carbons (Fsp3) is 0.529. The molecular weight excluding hydrogens is 296 g/mol. The summed E-state index contributed by atoms with van der Waals surface area (Å²) in [7, 11) is 1.61. The number of benzene rings is 1. The highest BCUT2D eigenvalue weighted by molar-refractivity contribution is 5.95. The molecular formula is C17H22N2O4. The van der Waals surface area contributed by atoms with Gasteiger partial charge in [-0.15, -0.1) is 0 Å². The molecule has 1 saturated heterocycles. The molecule has 0 saturated carbocycles. The van der Waals surface area contributed by atoms with Crippen LogP contribution in [0.15, 0.2) is 18.2 Å². The summed E-state index contributed by atoms with van der Waals surface area (Å²) in [5, 5.41) is 9.22. The molecule has 23 heavy (non-hydrogen) atoms. The standard InChI is InChI=1S/C17H22N2O4/c1-23-14-8-2-5-12-6-4-10-19(15(12)14)17(22)18-9-3-7-13(11-18)16(20)21/h2,5,8,13H,3-4,6-7,9-11H2,1H3,(H,20,21). The van der Waals surface area contributed by atoms with Crippen LogP contribution < -0.4 is 9.64 Å². The zero-order chi connectivity index (χ0) is 16.4. The number of carboxylic acid groups (broad SMARTS) is 1. The SMILES string of the molecule is COc1cccc2c1N(C(=O)N1CCCC(C(=O)O)C1)CCC2. The van der Waals surface area contributed by atoms with Crippen LogP contribution in [0.5, 0.6) is 5.75 Å². The van der Waals surface area contributed by atoms with Gasteiger partial charge in [-0.25, -0.2) is 4.79 Å². The third-order valence-electron chi connectivity index (χ3n) is 4.67. The van der Waals surface area contributed by atoms with Crippen LogP contribution in [0.1, 0.15) is 24.8 Å². The van der Waals surface area contributed by atoms with Crippen molar-refractivity contribution in [2.24, 2.45) is 5.92 Å². The minimum atomic E-state index is -0.820. The highest BCUT2D eigenvalue weighted by Crippen LogP contribution is 2.37. The highest BCUT2D eigenvalue weighted by Gasteiger charge is 2.33. The van der Waals surface area contributed by atoms with Gasteiger partial charge in [0.15, 0.2) is 0 Å². The Morgan fingerprint density at radius 1 is 1.26 bits per heavy atom. The lowest BCUT2D eigenvalue weighted by Crippen LogP contribution is -2.50. The number of methoxy groups -OCH3 is 1. The largest absolute Gasteiger partial charge is 0.495 e. The number of carbonyl (C=O) groups is 2. The van der Waals surface area contributed by atoms with Crippen molar-refractivity contribution in [3.05, 3.63) is 23.8 Å². The molecule has 2 aliphatic heterocycles. The van der Waals surface area contributed by atoms with E-state index in [4.69, 9.17) is 4.74 Å². The second-order valence-corrected chi connectivity index (χ2v) is 6.13. The van der Waals surface area contributed by atoms with Crippen LogP contribution >= 0.6 is 0 Å². The van der Waals surface area contributed by atoms with E-state index in [9.17, 15) is 14.7 Å². The van der Waals surface area contributed by atoms with Crippen molar-refractivity contribution in [1.29, 1.82) is 0 Å². The zero-order valence-electron chi connectivity index (χ0n) is 13.3. The smallest absolute Gasteiger partial charge is 0.324 e. The molecule has 1 aromatic carbocycles. The summed E-state index contributed by atoms with van der Waals surface area (Å²) in [5.74, 6) is -0.587. The van der Waals surface area contributed by atoms with Crippen molar-refractivity contribution in [2.75, 3.05) is 31.6 Å². The summed E-state index contributed by atoms with van der Waals surface area (Å²) < 4.78 is 5.43. The lowest BCUT2D eigenvalue weighted by atomic mass is 9.98. The number of para-hydroxylation sites is 1. The van der Waals surface area contributed by atoms with E-state index < -0.39 is 11.9 Å². The maximum absolute atomic E-state index is 13.0. The van der Waals surface area contributed by atoms with Gasteiger partial charge in [-0.05, 0) is 37.3 Å². The highest BCUT2D eigenvalue weighted by atomic mass is 16.5. The number of rotatable bonds is 2. The maximum Gasteiger partial charge on any atom is 0.324 e. The van der Waals surface area contributed by atoms with Gasteiger partial charge in [0.25, 0.3) is 0 Å². The Balaban J connectivity index is 1.85. The second-order valence-electron chi connectivity index (χ2n) is 6.13. The number of anilines is 1. The lowest BCUT2D eigenvalue weighted by Gasteiger charge is -2.38. The average Bonchev–Trinajstić information content (AvgIpc) is 2.60. The number of amides is 2. The molecule has 0 spiro atoms. The molecule has 2 aliphatic rings. The number of carboxylic acids is 1. The first-order chi connectivity index (χ1) is 11.1. The van der Waals surface area contributed by atoms with Gasteiger partial charge >= 0.3 is 12.0 Å². The van der Waals surface area contributed by atoms with E-state index >= 15 is 0 Å². The number of aliphatic carboxylic acids is 1. The molecule has 0 aliphatic carbocycles. The van der Waals surface area contributed by atoms with E-state index in [0.717, 1.165) is 30.5 Å². The summed E-state index contributed by atoms with van der Waals surface area (Å²) in [4.78, 5) is 27.6. The fourth-order valence-corrected chi connectivity index (χ4v) is 3.49. The molecule has 0 bridgehead atoms. The van der Waals surface area contributed by atoms with Gasteiger partial charge in [0.1, 0.15) is 5.75 Å². The Morgan fingerprint density at radius 3 is 2.83 bits per heavy atom. The number of piperidine rings is 1. The van der Waals surface area contributed by atoms with Gasteiger partial charge in [-0.3, -0.25) is 9.69 Å². The van der Waals surface area contributed by atoms with Gasteiger partial charge < -0.3 is 14.7 Å². The van der Waals surface area contributed by atoms with Crippen molar-refractivity contribution in [1.82, 2.24) is 4.90 Å². The Bertz CT molecular complexity index is 602. The number of carbonyl (C=O) groups excluding carboxylic acids is 1. The number of hydrogen-bond donors (Lipinski definition) is 1. The predicted molar refractivity (Wildman–Crippen MR) is 86.0 cm³/mol. The van der Waals surface area contributed by atoms with Crippen LogP contribution in [0.2, 0.25) is 0 Å².